The third-order valence-electron chi connectivity index (χ3n) is 4.39. The number of hydrogen-bond acceptors (Lipinski definition) is 3. The summed E-state index contributed by atoms with van der Waals surface area (Å²) in [5, 5.41) is 21.6. The summed E-state index contributed by atoms with van der Waals surface area (Å²) >= 11 is 0. The number of nitrogens with one attached hydrogen (secondary N) is 1. The van der Waals surface area contributed by atoms with Crippen LogP contribution in [0.5, 0.6) is 0 Å². The molecule has 0 aliphatic carbocycles. The molecule has 5 nitrogen and oxygen atoms in total. The number of aryl methyl sites for hydroxylation is 2. The van der Waals surface area contributed by atoms with Gasteiger partial charge in [-0.05, 0) is 55.2 Å². The third-order valence-corrected chi connectivity index (χ3v) is 4.39. The Morgan fingerprint density at radius 2 is 1.80 bits per heavy atom. The van der Waals surface area contributed by atoms with Crippen LogP contribution in [-0.2, 0) is 16.8 Å². The number of carbonyl (C=O) groups excluding carboxylic acids is 1. The van der Waals surface area contributed by atoms with E-state index in [4.69, 9.17) is 5.11 Å². The average molecular weight is 341 g/mol. The smallest absolute Gasteiger partial charge is 0.307 e. The molecule has 3 N–H and O–H groups in total. The molecule has 1 amide bonds. The fourth-order valence-electron chi connectivity index (χ4n) is 2.61. The SMILES string of the molecule is Cc1ccc(C(C)(CO)NC(=O)c2cccc(CC(=O)O)c2)cc1C. The highest BCUT2D eigenvalue weighted by atomic mass is 16.4. The second kappa shape index (κ2) is 7.49. The zero-order chi connectivity index (χ0) is 18.6. The zero-order valence-corrected chi connectivity index (χ0v) is 14.7. The van der Waals surface area contributed by atoms with Crippen LogP contribution in [0.4, 0.5) is 0 Å². The number of rotatable bonds is 6. The van der Waals surface area contributed by atoms with Crippen LogP contribution in [0.3, 0.4) is 0 Å². The van der Waals surface area contributed by atoms with Crippen molar-refractivity contribution in [2.24, 2.45) is 0 Å². The lowest BCUT2D eigenvalue weighted by Crippen LogP contribution is -2.46. The zero-order valence-electron chi connectivity index (χ0n) is 14.7. The van der Waals surface area contributed by atoms with Gasteiger partial charge in [-0.1, -0.05) is 30.3 Å². The second-order valence-corrected chi connectivity index (χ2v) is 6.51. The van der Waals surface area contributed by atoms with Crippen LogP contribution >= 0.6 is 0 Å². The predicted molar refractivity (Wildman–Crippen MR) is 95.6 cm³/mol. The lowest BCUT2D eigenvalue weighted by molar-refractivity contribution is -0.136. The molecule has 1 unspecified atom stereocenters. The molecule has 0 aliphatic heterocycles. The fourth-order valence-corrected chi connectivity index (χ4v) is 2.61. The molecule has 0 saturated heterocycles. The Morgan fingerprint density at radius 3 is 2.40 bits per heavy atom. The molecular weight excluding hydrogens is 318 g/mol. The minimum atomic E-state index is -0.951. The van der Waals surface area contributed by atoms with E-state index >= 15 is 0 Å². The van der Waals surface area contributed by atoms with Gasteiger partial charge in [-0.15, -0.1) is 0 Å². The summed E-state index contributed by atoms with van der Waals surface area (Å²) in [6.45, 7) is 5.49. The minimum Gasteiger partial charge on any atom is -0.481 e. The number of hydrogen-bond donors (Lipinski definition) is 3. The van der Waals surface area contributed by atoms with Gasteiger partial charge in [-0.2, -0.15) is 0 Å². The number of benzene rings is 2. The summed E-state index contributed by atoms with van der Waals surface area (Å²) in [5.41, 5.74) is 3.01. The first kappa shape index (κ1) is 18.7. The van der Waals surface area contributed by atoms with Gasteiger partial charge in [0.2, 0.25) is 0 Å². The van der Waals surface area contributed by atoms with Crippen molar-refractivity contribution in [1.82, 2.24) is 5.32 Å². The van der Waals surface area contributed by atoms with Gasteiger partial charge in [-0.3, -0.25) is 9.59 Å². The molecule has 2 aromatic rings. The molecule has 0 aromatic heterocycles. The number of aliphatic carboxylic acids is 1. The van der Waals surface area contributed by atoms with Crippen molar-refractivity contribution in [3.05, 3.63) is 70.3 Å². The van der Waals surface area contributed by atoms with Crippen LogP contribution in [0.2, 0.25) is 0 Å². The van der Waals surface area contributed by atoms with Crippen LogP contribution in [-0.4, -0.2) is 28.7 Å². The molecule has 2 rings (SSSR count). The van der Waals surface area contributed by atoms with Crippen LogP contribution in [0.1, 0.15) is 39.5 Å². The molecule has 132 valence electrons. The van der Waals surface area contributed by atoms with E-state index in [0.29, 0.717) is 11.1 Å². The lowest BCUT2D eigenvalue weighted by atomic mass is 9.90. The quantitative estimate of drug-likeness (QED) is 0.754. The topological polar surface area (TPSA) is 86.6 Å². The fraction of sp³-hybridized carbons (Fsp3) is 0.300. The monoisotopic (exact) mass is 341 g/mol. The Bertz CT molecular complexity index is 800. The summed E-state index contributed by atoms with van der Waals surface area (Å²) < 4.78 is 0. The first-order valence-corrected chi connectivity index (χ1v) is 8.07. The van der Waals surface area contributed by atoms with Gasteiger partial charge in [0.05, 0.1) is 18.6 Å². The summed E-state index contributed by atoms with van der Waals surface area (Å²) in [7, 11) is 0. The molecule has 0 spiro atoms. The third kappa shape index (κ3) is 4.45. The number of amides is 1. The maximum Gasteiger partial charge on any atom is 0.307 e. The second-order valence-electron chi connectivity index (χ2n) is 6.51. The Morgan fingerprint density at radius 1 is 1.08 bits per heavy atom. The van der Waals surface area contributed by atoms with E-state index < -0.39 is 11.5 Å². The number of carboxylic acid groups (broad SMARTS) is 1. The van der Waals surface area contributed by atoms with Gasteiger partial charge < -0.3 is 15.5 Å². The standard InChI is InChI=1S/C20H23NO4/c1-13-7-8-17(9-14(13)2)20(3,12-22)21-19(25)16-6-4-5-15(10-16)11-18(23)24/h4-10,22H,11-12H2,1-3H3,(H,21,25)(H,23,24). The van der Waals surface area contributed by atoms with Crippen LogP contribution in [0, 0.1) is 13.8 Å². The first-order chi connectivity index (χ1) is 11.7. The number of carboxylic acids is 1. The van der Waals surface area contributed by atoms with Crippen molar-refractivity contribution in [3.8, 4) is 0 Å². The maximum absolute atomic E-state index is 12.6. The van der Waals surface area contributed by atoms with Crippen LogP contribution in [0.15, 0.2) is 42.5 Å². The van der Waals surface area contributed by atoms with Gasteiger partial charge in [-0.25, -0.2) is 0 Å². The minimum absolute atomic E-state index is 0.143. The predicted octanol–water partition coefficient (Wildman–Crippen LogP) is 2.57. The van der Waals surface area contributed by atoms with E-state index in [9.17, 15) is 14.7 Å². The van der Waals surface area contributed by atoms with Crippen LogP contribution < -0.4 is 5.32 Å². The summed E-state index contributed by atoms with van der Waals surface area (Å²) in [6, 6.07) is 12.3. The Kier molecular flexibility index (Phi) is 5.59. The summed E-state index contributed by atoms with van der Waals surface area (Å²) in [4.78, 5) is 23.4. The van der Waals surface area contributed by atoms with Crippen molar-refractivity contribution < 1.29 is 19.8 Å². The van der Waals surface area contributed by atoms with E-state index in [1.807, 2.05) is 32.0 Å². The van der Waals surface area contributed by atoms with Crippen molar-refractivity contribution in [1.29, 1.82) is 0 Å². The van der Waals surface area contributed by atoms with Gasteiger partial charge in [0.1, 0.15) is 0 Å². The van der Waals surface area contributed by atoms with Crippen molar-refractivity contribution in [3.63, 3.8) is 0 Å². The van der Waals surface area contributed by atoms with Gasteiger partial charge in [0.15, 0.2) is 0 Å². The van der Waals surface area contributed by atoms with E-state index in [0.717, 1.165) is 16.7 Å². The largest absolute Gasteiger partial charge is 0.481 e. The molecule has 0 heterocycles. The van der Waals surface area contributed by atoms with Gasteiger partial charge >= 0.3 is 5.97 Å². The molecule has 25 heavy (non-hydrogen) atoms. The van der Waals surface area contributed by atoms with Crippen molar-refractivity contribution in [2.45, 2.75) is 32.7 Å². The lowest BCUT2D eigenvalue weighted by Gasteiger charge is -2.30. The van der Waals surface area contributed by atoms with Gasteiger partial charge in [0.25, 0.3) is 5.91 Å². The Balaban J connectivity index is 2.27. The van der Waals surface area contributed by atoms with Crippen molar-refractivity contribution in [2.75, 3.05) is 6.61 Å². The number of aliphatic hydroxyl groups is 1. The highest BCUT2D eigenvalue weighted by Crippen LogP contribution is 2.23. The summed E-state index contributed by atoms with van der Waals surface area (Å²) in [5.74, 6) is -1.31. The maximum atomic E-state index is 12.6. The molecule has 0 saturated carbocycles. The molecule has 5 heteroatoms. The van der Waals surface area contributed by atoms with E-state index in [1.165, 1.54) is 0 Å². The number of carbonyl (C=O) groups is 2. The first-order valence-electron chi connectivity index (χ1n) is 8.07. The highest BCUT2D eigenvalue weighted by molar-refractivity contribution is 5.95. The molecule has 0 aliphatic rings. The number of aliphatic hydroxyl groups excluding tert-OH is 1. The van der Waals surface area contributed by atoms with E-state index in [2.05, 4.69) is 5.32 Å². The average Bonchev–Trinajstić information content (AvgIpc) is 2.56. The molecule has 0 fully saturated rings. The van der Waals surface area contributed by atoms with Gasteiger partial charge in [0, 0.05) is 5.56 Å². The summed E-state index contributed by atoms with van der Waals surface area (Å²) in [6.07, 6.45) is -0.143. The Labute approximate surface area is 147 Å². The van der Waals surface area contributed by atoms with Crippen molar-refractivity contribution >= 4 is 11.9 Å². The van der Waals surface area contributed by atoms with E-state index in [-0.39, 0.29) is 18.9 Å². The highest BCUT2D eigenvalue weighted by Gasteiger charge is 2.28. The normalized spacial score (nSPS) is 13.1. The Hall–Kier alpha value is -2.66. The molecule has 2 aromatic carbocycles. The molecule has 1 atom stereocenters. The van der Waals surface area contributed by atoms with Crippen LogP contribution in [0.25, 0.3) is 0 Å². The molecular formula is C20H23NO4. The molecule has 0 radical (unpaired) electrons. The molecule has 0 bridgehead atoms. The van der Waals surface area contributed by atoms with E-state index in [1.54, 1.807) is 31.2 Å².